The number of hydrogen-bond acceptors (Lipinski definition) is 7. The van der Waals surface area contributed by atoms with Gasteiger partial charge in [0.1, 0.15) is 0 Å². The molecule has 1 aliphatic rings. The smallest absolute Gasteiger partial charge is 0.236 e. The Balaban J connectivity index is 1.26. The highest BCUT2D eigenvalue weighted by Gasteiger charge is 2.22. The maximum Gasteiger partial charge on any atom is 0.236 e. The first-order chi connectivity index (χ1) is 16.6. The van der Waals surface area contributed by atoms with E-state index in [0.717, 1.165) is 41.6 Å². The zero-order valence-corrected chi connectivity index (χ0v) is 21.9. The summed E-state index contributed by atoms with van der Waals surface area (Å²) in [6, 6.07) is 7.50. The van der Waals surface area contributed by atoms with Crippen LogP contribution in [0.25, 0.3) is 22.6 Å². The Morgan fingerprint density at radius 3 is 2.79 bits per heavy atom. The van der Waals surface area contributed by atoms with Gasteiger partial charge in [0.15, 0.2) is 16.1 Å². The summed E-state index contributed by atoms with van der Waals surface area (Å²) < 4.78 is 2.16. The highest BCUT2D eigenvalue weighted by atomic mass is 35.5. The van der Waals surface area contributed by atoms with Crippen LogP contribution in [0.1, 0.15) is 36.6 Å². The van der Waals surface area contributed by atoms with Gasteiger partial charge in [0.2, 0.25) is 5.91 Å². The van der Waals surface area contributed by atoms with Crippen LogP contribution in [0, 0.1) is 0 Å². The molecule has 0 saturated heterocycles. The first-order valence-corrected chi connectivity index (χ1v) is 14.4. The van der Waals surface area contributed by atoms with Crippen LogP contribution >= 0.6 is 46.0 Å². The molecule has 6 nitrogen and oxygen atoms in total. The van der Waals surface area contributed by atoms with Gasteiger partial charge in [0.25, 0.3) is 0 Å². The van der Waals surface area contributed by atoms with E-state index in [1.807, 2.05) is 41.0 Å². The number of amides is 1. The molecule has 176 valence electrons. The zero-order valence-electron chi connectivity index (χ0n) is 18.7. The minimum absolute atomic E-state index is 0.109. The summed E-state index contributed by atoms with van der Waals surface area (Å²) in [7, 11) is 0. The number of hydrogen-bond donors (Lipinski definition) is 1. The number of aryl methyl sites for hydroxylation is 1. The van der Waals surface area contributed by atoms with Crippen molar-refractivity contribution in [2.24, 2.45) is 0 Å². The number of thiazole rings is 1. The third kappa shape index (κ3) is 5.07. The molecule has 1 amide bonds. The van der Waals surface area contributed by atoms with Gasteiger partial charge in [-0.05, 0) is 49.8 Å². The Kier molecular flexibility index (Phi) is 7.34. The van der Waals surface area contributed by atoms with Gasteiger partial charge >= 0.3 is 0 Å². The lowest BCUT2D eigenvalue weighted by molar-refractivity contribution is -0.113. The largest absolute Gasteiger partial charge is 0.302 e. The second-order valence-corrected chi connectivity index (χ2v) is 11.3. The van der Waals surface area contributed by atoms with Crippen LogP contribution in [0.5, 0.6) is 0 Å². The lowest BCUT2D eigenvalue weighted by Crippen LogP contribution is -2.14. The third-order valence-corrected chi connectivity index (χ3v) is 8.75. The van der Waals surface area contributed by atoms with Gasteiger partial charge in [-0.3, -0.25) is 4.79 Å². The number of rotatable bonds is 8. The lowest BCUT2D eigenvalue weighted by atomic mass is 9.95. The van der Waals surface area contributed by atoms with Crippen molar-refractivity contribution in [3.05, 3.63) is 50.5 Å². The van der Waals surface area contributed by atoms with Gasteiger partial charge in [-0.15, -0.1) is 32.9 Å². The molecular formula is C24H24ClN5OS3. The Hall–Kier alpha value is -2.20. The van der Waals surface area contributed by atoms with E-state index in [9.17, 15) is 4.79 Å². The molecule has 5 rings (SSSR count). The van der Waals surface area contributed by atoms with E-state index in [-0.39, 0.29) is 11.7 Å². The predicted octanol–water partition coefficient (Wildman–Crippen LogP) is 6.80. The summed E-state index contributed by atoms with van der Waals surface area (Å²) in [5.74, 6) is 1.07. The van der Waals surface area contributed by atoms with Gasteiger partial charge in [-0.1, -0.05) is 42.4 Å². The number of carbonyl (C=O) groups excluding carboxylic acids is 1. The molecular weight excluding hydrogens is 506 g/mol. The Labute approximate surface area is 215 Å². The second-order valence-electron chi connectivity index (χ2n) is 8.10. The van der Waals surface area contributed by atoms with Gasteiger partial charge in [-0.2, -0.15) is 0 Å². The quantitative estimate of drug-likeness (QED) is 0.254. The van der Waals surface area contributed by atoms with E-state index < -0.39 is 0 Å². The maximum atomic E-state index is 12.6. The van der Waals surface area contributed by atoms with Crippen molar-refractivity contribution in [2.75, 3.05) is 11.1 Å². The number of aromatic nitrogens is 4. The monoisotopic (exact) mass is 529 g/mol. The highest BCUT2D eigenvalue weighted by Crippen LogP contribution is 2.37. The SMILES string of the molecule is CCCn1c(SCC(=O)Nc2nc(-c3ccc(Cl)cc3)cs2)nnc1-c1csc2c1CCCC2. The first-order valence-electron chi connectivity index (χ1n) is 11.3. The fourth-order valence-electron chi connectivity index (χ4n) is 4.07. The average molecular weight is 530 g/mol. The van der Waals surface area contributed by atoms with Crippen molar-refractivity contribution in [2.45, 2.75) is 50.7 Å². The van der Waals surface area contributed by atoms with Crippen LogP contribution in [0.4, 0.5) is 5.13 Å². The number of carbonyl (C=O) groups is 1. The average Bonchev–Trinajstić information content (AvgIpc) is 3.57. The minimum atomic E-state index is -0.109. The summed E-state index contributed by atoms with van der Waals surface area (Å²) in [5, 5.41) is 18.1. The van der Waals surface area contributed by atoms with E-state index in [2.05, 4.69) is 37.4 Å². The molecule has 0 radical (unpaired) electrons. The first kappa shape index (κ1) is 23.5. The number of thiophene rings is 1. The Bertz CT molecular complexity index is 1290. The molecule has 1 aliphatic carbocycles. The number of anilines is 1. The number of halogens is 1. The maximum absolute atomic E-state index is 12.6. The van der Waals surface area contributed by atoms with Crippen LogP contribution < -0.4 is 5.32 Å². The van der Waals surface area contributed by atoms with Gasteiger partial charge in [0.05, 0.1) is 11.4 Å². The van der Waals surface area contributed by atoms with Crippen molar-refractivity contribution in [3.8, 4) is 22.6 Å². The topological polar surface area (TPSA) is 72.7 Å². The molecule has 0 atom stereocenters. The molecule has 10 heteroatoms. The second kappa shape index (κ2) is 10.6. The molecule has 34 heavy (non-hydrogen) atoms. The summed E-state index contributed by atoms with van der Waals surface area (Å²) in [6.07, 6.45) is 5.76. The van der Waals surface area contributed by atoms with Crippen LogP contribution in [0.2, 0.25) is 5.02 Å². The molecule has 0 spiro atoms. The highest BCUT2D eigenvalue weighted by molar-refractivity contribution is 7.99. The molecule has 0 bridgehead atoms. The number of benzene rings is 1. The molecule has 3 aromatic heterocycles. The van der Waals surface area contributed by atoms with Crippen molar-refractivity contribution >= 4 is 57.1 Å². The minimum Gasteiger partial charge on any atom is -0.302 e. The van der Waals surface area contributed by atoms with E-state index in [1.54, 1.807) is 0 Å². The fourth-order valence-corrected chi connectivity index (χ4v) is 6.82. The summed E-state index contributed by atoms with van der Waals surface area (Å²) >= 11 is 10.6. The number of nitrogens with one attached hydrogen (secondary N) is 1. The standard InChI is InChI=1S/C24H24ClN5OS3/c1-2-11-30-22(18-12-32-20-6-4-3-5-17(18)20)28-29-24(30)34-14-21(31)27-23-26-19(13-33-23)15-7-9-16(25)10-8-15/h7-10,12-13H,2-6,11,14H2,1H3,(H,26,27,31). The molecule has 1 N–H and O–H groups in total. The van der Waals surface area contributed by atoms with Gasteiger partial charge in [-0.25, -0.2) is 4.98 Å². The molecule has 3 heterocycles. The molecule has 0 fully saturated rings. The predicted molar refractivity (Wildman–Crippen MR) is 142 cm³/mol. The van der Waals surface area contributed by atoms with Crippen molar-refractivity contribution < 1.29 is 4.79 Å². The van der Waals surface area contributed by atoms with Crippen LogP contribution in [-0.4, -0.2) is 31.4 Å². The fraction of sp³-hybridized carbons (Fsp3) is 0.333. The van der Waals surface area contributed by atoms with E-state index in [0.29, 0.717) is 10.2 Å². The van der Waals surface area contributed by atoms with E-state index >= 15 is 0 Å². The summed E-state index contributed by atoms with van der Waals surface area (Å²) in [5.41, 5.74) is 4.44. The molecule has 1 aromatic carbocycles. The van der Waals surface area contributed by atoms with Gasteiger partial charge < -0.3 is 9.88 Å². The Morgan fingerprint density at radius 2 is 1.97 bits per heavy atom. The number of thioether (sulfide) groups is 1. The number of nitrogens with zero attached hydrogens (tertiary/aromatic N) is 4. The van der Waals surface area contributed by atoms with Crippen molar-refractivity contribution in [1.29, 1.82) is 0 Å². The third-order valence-electron chi connectivity index (χ3n) is 5.69. The number of fused-ring (bicyclic) bond motifs is 1. The van der Waals surface area contributed by atoms with Crippen molar-refractivity contribution in [1.82, 2.24) is 19.7 Å². The molecule has 0 saturated carbocycles. The zero-order chi connectivity index (χ0) is 23.5. The summed E-state index contributed by atoms with van der Waals surface area (Å²) in [6.45, 7) is 2.97. The summed E-state index contributed by atoms with van der Waals surface area (Å²) in [4.78, 5) is 18.7. The molecule has 4 aromatic rings. The molecule has 0 unspecified atom stereocenters. The lowest BCUT2D eigenvalue weighted by Gasteiger charge is -2.13. The van der Waals surface area contributed by atoms with Crippen LogP contribution in [0.15, 0.2) is 40.2 Å². The Morgan fingerprint density at radius 1 is 1.15 bits per heavy atom. The van der Waals surface area contributed by atoms with Crippen molar-refractivity contribution in [3.63, 3.8) is 0 Å². The normalized spacial score (nSPS) is 13.1. The molecule has 0 aliphatic heterocycles. The van der Waals surface area contributed by atoms with Gasteiger partial charge in [0, 0.05) is 38.3 Å². The van der Waals surface area contributed by atoms with E-state index in [4.69, 9.17) is 11.6 Å². The van der Waals surface area contributed by atoms with Crippen LogP contribution in [0.3, 0.4) is 0 Å². The van der Waals surface area contributed by atoms with Crippen LogP contribution in [-0.2, 0) is 24.2 Å². The van der Waals surface area contributed by atoms with E-state index in [1.165, 1.54) is 58.4 Å².